The molecule has 1 aliphatic rings. The smallest absolute Gasteiger partial charge is 0.227 e. The fourth-order valence-corrected chi connectivity index (χ4v) is 3.93. The lowest BCUT2D eigenvalue weighted by atomic mass is 9.84. The average molecular weight is 377 g/mol. The van der Waals surface area contributed by atoms with Gasteiger partial charge in [0, 0.05) is 13.1 Å². The van der Waals surface area contributed by atoms with Crippen LogP contribution in [-0.2, 0) is 9.53 Å². The van der Waals surface area contributed by atoms with Gasteiger partial charge in [-0.3, -0.25) is 4.79 Å². The summed E-state index contributed by atoms with van der Waals surface area (Å²) in [5.41, 5.74) is 1.09. The van der Waals surface area contributed by atoms with Crippen molar-refractivity contribution in [1.29, 1.82) is 0 Å². The minimum Gasteiger partial charge on any atom is -0.497 e. The number of likely N-dealkylation sites (N-methyl/N-ethyl adjacent to an activating group) is 1. The first-order valence-electron chi connectivity index (χ1n) is 10.4. The lowest BCUT2D eigenvalue weighted by Crippen LogP contribution is -2.35. The van der Waals surface area contributed by atoms with Gasteiger partial charge in [-0.15, -0.1) is 0 Å². The molecule has 152 valence electrons. The molecule has 5 nitrogen and oxygen atoms in total. The molecule has 0 radical (unpaired) electrons. The first kappa shape index (κ1) is 21.7. The molecule has 1 atom stereocenters. The van der Waals surface area contributed by atoms with Crippen molar-refractivity contribution in [3.8, 4) is 5.75 Å². The van der Waals surface area contributed by atoms with E-state index in [1.54, 1.807) is 7.11 Å². The number of nitrogens with one attached hydrogen (secondary N) is 1. The monoisotopic (exact) mass is 376 g/mol. The van der Waals surface area contributed by atoms with Gasteiger partial charge in [0.15, 0.2) is 0 Å². The van der Waals surface area contributed by atoms with E-state index in [4.69, 9.17) is 9.47 Å². The fourth-order valence-electron chi connectivity index (χ4n) is 3.93. The molecule has 1 amide bonds. The van der Waals surface area contributed by atoms with Gasteiger partial charge in [0.2, 0.25) is 5.91 Å². The highest BCUT2D eigenvalue weighted by atomic mass is 16.5. The summed E-state index contributed by atoms with van der Waals surface area (Å²) in [4.78, 5) is 15.2. The first-order chi connectivity index (χ1) is 13.2. The summed E-state index contributed by atoms with van der Waals surface area (Å²) >= 11 is 0. The molecule has 27 heavy (non-hydrogen) atoms. The molecule has 0 heterocycles. The van der Waals surface area contributed by atoms with Gasteiger partial charge >= 0.3 is 0 Å². The molecule has 0 saturated heterocycles. The predicted molar refractivity (Wildman–Crippen MR) is 109 cm³/mol. The topological polar surface area (TPSA) is 50.8 Å². The Morgan fingerprint density at radius 2 is 1.81 bits per heavy atom. The van der Waals surface area contributed by atoms with Crippen molar-refractivity contribution in [3.63, 3.8) is 0 Å². The minimum absolute atomic E-state index is 0.0749. The van der Waals surface area contributed by atoms with E-state index in [9.17, 15) is 4.79 Å². The molecule has 2 rings (SSSR count). The van der Waals surface area contributed by atoms with Crippen LogP contribution in [0.5, 0.6) is 5.75 Å². The number of rotatable bonds is 12. The molecule has 1 fully saturated rings. The van der Waals surface area contributed by atoms with Crippen molar-refractivity contribution < 1.29 is 14.3 Å². The van der Waals surface area contributed by atoms with E-state index in [2.05, 4.69) is 24.1 Å². The van der Waals surface area contributed by atoms with Crippen LogP contribution < -0.4 is 10.1 Å². The molecule has 1 aliphatic carbocycles. The third-order valence-corrected chi connectivity index (χ3v) is 5.62. The Hall–Kier alpha value is -1.59. The van der Waals surface area contributed by atoms with Crippen molar-refractivity contribution in [1.82, 2.24) is 10.2 Å². The molecular weight excluding hydrogens is 340 g/mol. The molecule has 1 aromatic carbocycles. The van der Waals surface area contributed by atoms with Crippen LogP contribution in [0.15, 0.2) is 24.3 Å². The van der Waals surface area contributed by atoms with Gasteiger partial charge in [0.05, 0.1) is 26.2 Å². The second-order valence-electron chi connectivity index (χ2n) is 7.23. The summed E-state index contributed by atoms with van der Waals surface area (Å²) in [5, 5.41) is 3.09. The fraction of sp³-hybridized carbons (Fsp3) is 0.682. The Labute approximate surface area is 164 Å². The largest absolute Gasteiger partial charge is 0.497 e. The van der Waals surface area contributed by atoms with Gasteiger partial charge in [0.25, 0.3) is 0 Å². The zero-order valence-electron chi connectivity index (χ0n) is 17.2. The number of ether oxygens (including phenoxy) is 2. The summed E-state index contributed by atoms with van der Waals surface area (Å²) in [6.07, 6.45) is 4.70. The number of amides is 1. The van der Waals surface area contributed by atoms with E-state index in [1.165, 1.54) is 12.8 Å². The van der Waals surface area contributed by atoms with E-state index in [1.807, 2.05) is 24.3 Å². The van der Waals surface area contributed by atoms with Crippen LogP contribution in [-0.4, -0.2) is 57.3 Å². The summed E-state index contributed by atoms with van der Waals surface area (Å²) in [5.74, 6) is 1.31. The van der Waals surface area contributed by atoms with Crippen molar-refractivity contribution >= 4 is 5.91 Å². The second kappa shape index (κ2) is 12.0. The van der Waals surface area contributed by atoms with E-state index in [0.717, 1.165) is 43.8 Å². The standard InChI is InChI=1S/C22H36N2O3/c1-4-24(5-2)15-17-27-16-14-23-22(25)21(18-8-6-7-9-18)19-10-12-20(26-3)13-11-19/h10-13,18,21H,4-9,14-17H2,1-3H3,(H,23,25). The van der Waals surface area contributed by atoms with Crippen LogP contribution in [0.3, 0.4) is 0 Å². The highest BCUT2D eigenvalue weighted by molar-refractivity contribution is 5.84. The van der Waals surface area contributed by atoms with E-state index in [0.29, 0.717) is 25.7 Å². The maximum absolute atomic E-state index is 12.9. The van der Waals surface area contributed by atoms with Crippen LogP contribution in [0.1, 0.15) is 51.0 Å². The molecular formula is C22H36N2O3. The summed E-state index contributed by atoms with van der Waals surface area (Å²) < 4.78 is 10.9. The van der Waals surface area contributed by atoms with Crippen LogP contribution in [0, 0.1) is 5.92 Å². The van der Waals surface area contributed by atoms with Crippen molar-refractivity contribution in [2.75, 3.05) is 46.5 Å². The van der Waals surface area contributed by atoms with Gasteiger partial charge in [0.1, 0.15) is 5.75 Å². The molecule has 1 aromatic rings. The zero-order valence-corrected chi connectivity index (χ0v) is 17.2. The van der Waals surface area contributed by atoms with Crippen LogP contribution in [0.4, 0.5) is 0 Å². The highest BCUT2D eigenvalue weighted by Gasteiger charge is 2.31. The number of hydrogen-bond acceptors (Lipinski definition) is 4. The summed E-state index contributed by atoms with van der Waals surface area (Å²) in [7, 11) is 1.66. The van der Waals surface area contributed by atoms with Gasteiger partial charge in [-0.05, 0) is 49.5 Å². The molecule has 1 unspecified atom stereocenters. The van der Waals surface area contributed by atoms with Gasteiger partial charge < -0.3 is 19.7 Å². The molecule has 5 heteroatoms. The Morgan fingerprint density at radius 1 is 1.15 bits per heavy atom. The number of carbonyl (C=O) groups excluding carboxylic acids is 1. The lowest BCUT2D eigenvalue weighted by molar-refractivity contribution is -0.124. The third kappa shape index (κ3) is 6.82. The van der Waals surface area contributed by atoms with Crippen molar-refractivity contribution in [3.05, 3.63) is 29.8 Å². The first-order valence-corrected chi connectivity index (χ1v) is 10.4. The van der Waals surface area contributed by atoms with Crippen LogP contribution >= 0.6 is 0 Å². The number of hydrogen-bond donors (Lipinski definition) is 1. The van der Waals surface area contributed by atoms with Gasteiger partial charge in [-0.2, -0.15) is 0 Å². The molecule has 0 bridgehead atoms. The number of nitrogens with zero attached hydrogens (tertiary/aromatic N) is 1. The van der Waals surface area contributed by atoms with Crippen LogP contribution in [0.2, 0.25) is 0 Å². The lowest BCUT2D eigenvalue weighted by Gasteiger charge is -2.23. The van der Waals surface area contributed by atoms with Crippen LogP contribution in [0.25, 0.3) is 0 Å². The maximum atomic E-state index is 12.9. The number of carbonyl (C=O) groups is 1. The zero-order chi connectivity index (χ0) is 19.5. The minimum atomic E-state index is -0.0749. The predicted octanol–water partition coefficient (Wildman–Crippen LogP) is 3.44. The average Bonchev–Trinajstić information content (AvgIpc) is 3.22. The maximum Gasteiger partial charge on any atom is 0.227 e. The van der Waals surface area contributed by atoms with Gasteiger partial charge in [-0.1, -0.05) is 38.8 Å². The number of benzene rings is 1. The summed E-state index contributed by atoms with van der Waals surface area (Å²) in [6, 6.07) is 7.95. The Balaban J connectivity index is 1.83. The van der Waals surface area contributed by atoms with E-state index < -0.39 is 0 Å². The molecule has 0 aromatic heterocycles. The van der Waals surface area contributed by atoms with Crippen molar-refractivity contribution in [2.24, 2.45) is 5.92 Å². The normalized spacial score (nSPS) is 15.9. The Bertz CT molecular complexity index is 537. The van der Waals surface area contributed by atoms with E-state index in [-0.39, 0.29) is 11.8 Å². The van der Waals surface area contributed by atoms with E-state index >= 15 is 0 Å². The third-order valence-electron chi connectivity index (χ3n) is 5.62. The Morgan fingerprint density at radius 3 is 2.41 bits per heavy atom. The second-order valence-corrected chi connectivity index (χ2v) is 7.23. The Kier molecular flexibility index (Phi) is 9.64. The SMILES string of the molecule is CCN(CC)CCOCCNC(=O)C(c1ccc(OC)cc1)C1CCCC1. The molecule has 0 spiro atoms. The van der Waals surface area contributed by atoms with Gasteiger partial charge in [-0.25, -0.2) is 0 Å². The molecule has 1 saturated carbocycles. The van der Waals surface area contributed by atoms with Crippen molar-refractivity contribution in [2.45, 2.75) is 45.4 Å². The summed E-state index contributed by atoms with van der Waals surface area (Å²) in [6.45, 7) is 9.18. The number of methoxy groups -OCH3 is 1. The highest BCUT2D eigenvalue weighted by Crippen LogP contribution is 2.37. The molecule has 1 N–H and O–H groups in total. The quantitative estimate of drug-likeness (QED) is 0.568. The molecule has 0 aliphatic heterocycles.